The predicted molar refractivity (Wildman–Crippen MR) is 114 cm³/mol. The molecule has 0 spiro atoms. The molecule has 4 aliphatic rings. The number of guanidine groups is 1. The van der Waals surface area contributed by atoms with Gasteiger partial charge in [0, 0.05) is 44.1 Å². The van der Waals surface area contributed by atoms with Crippen LogP contribution in [0.25, 0.3) is 0 Å². The number of nitrogens with zero attached hydrogens (tertiary/aromatic N) is 3. The number of aliphatic imine (C=N–C) groups is 1. The number of nitrogens with one attached hydrogen (secondary N) is 1. The van der Waals surface area contributed by atoms with Crippen molar-refractivity contribution in [1.29, 1.82) is 0 Å². The van der Waals surface area contributed by atoms with E-state index in [1.807, 2.05) is 7.05 Å². The molecule has 29 heavy (non-hydrogen) atoms. The van der Waals surface area contributed by atoms with Crippen LogP contribution in [0, 0.1) is 11.8 Å². The SMILES string of the molecule is CN=C(NCC(c1ccccc1OC)N1CCCC1)N1CC2C3CCC(O3)C2C1. The summed E-state index contributed by atoms with van der Waals surface area (Å²) >= 11 is 0. The van der Waals surface area contributed by atoms with E-state index in [2.05, 4.69) is 44.4 Å². The number of fused-ring (bicyclic) bond motifs is 5. The third-order valence-electron chi connectivity index (χ3n) is 7.50. The lowest BCUT2D eigenvalue weighted by molar-refractivity contribution is 0.0766. The minimum Gasteiger partial charge on any atom is -0.496 e. The molecule has 5 atom stereocenters. The van der Waals surface area contributed by atoms with Crippen molar-refractivity contribution in [3.63, 3.8) is 0 Å². The van der Waals surface area contributed by atoms with Gasteiger partial charge in [0.15, 0.2) is 5.96 Å². The number of hydrogen-bond acceptors (Lipinski definition) is 4. The van der Waals surface area contributed by atoms with Crippen LogP contribution in [0.15, 0.2) is 29.3 Å². The zero-order valence-electron chi connectivity index (χ0n) is 17.7. The highest BCUT2D eigenvalue weighted by molar-refractivity contribution is 5.80. The Kier molecular flexibility index (Phi) is 5.39. The third-order valence-corrected chi connectivity index (χ3v) is 7.50. The first kappa shape index (κ1) is 19.2. The molecule has 5 rings (SSSR count). The van der Waals surface area contributed by atoms with Gasteiger partial charge >= 0.3 is 0 Å². The minimum atomic E-state index is 0.298. The van der Waals surface area contributed by atoms with Crippen molar-refractivity contribution in [2.24, 2.45) is 16.8 Å². The first-order valence-electron chi connectivity index (χ1n) is 11.3. The van der Waals surface area contributed by atoms with Crippen LogP contribution in [0.2, 0.25) is 0 Å². The van der Waals surface area contributed by atoms with E-state index < -0.39 is 0 Å². The molecule has 0 aromatic heterocycles. The van der Waals surface area contributed by atoms with Crippen molar-refractivity contribution < 1.29 is 9.47 Å². The molecular formula is C23H34N4O2. The Balaban J connectivity index is 1.29. The molecule has 1 N–H and O–H groups in total. The molecule has 4 fully saturated rings. The van der Waals surface area contributed by atoms with Gasteiger partial charge in [0.05, 0.1) is 25.4 Å². The van der Waals surface area contributed by atoms with Crippen LogP contribution in [0.4, 0.5) is 0 Å². The summed E-state index contributed by atoms with van der Waals surface area (Å²) in [5.74, 6) is 3.40. The molecule has 4 aliphatic heterocycles. The van der Waals surface area contributed by atoms with Gasteiger partial charge in [-0.25, -0.2) is 0 Å². The summed E-state index contributed by atoms with van der Waals surface area (Å²) < 4.78 is 11.8. The van der Waals surface area contributed by atoms with Crippen molar-refractivity contribution >= 4 is 5.96 Å². The molecule has 0 aliphatic carbocycles. The maximum absolute atomic E-state index is 6.14. The molecule has 0 amide bonds. The highest BCUT2D eigenvalue weighted by Crippen LogP contribution is 2.47. The average Bonchev–Trinajstić information content (AvgIpc) is 3.54. The number of methoxy groups -OCH3 is 1. The lowest BCUT2D eigenvalue weighted by Crippen LogP contribution is -2.45. The molecule has 1 aromatic rings. The summed E-state index contributed by atoms with van der Waals surface area (Å²) in [7, 11) is 3.68. The van der Waals surface area contributed by atoms with Crippen LogP contribution in [-0.2, 0) is 4.74 Å². The maximum atomic E-state index is 6.14. The van der Waals surface area contributed by atoms with E-state index >= 15 is 0 Å². The molecule has 0 radical (unpaired) electrons. The van der Waals surface area contributed by atoms with Gasteiger partial charge in [0.1, 0.15) is 5.75 Å². The lowest BCUT2D eigenvalue weighted by Gasteiger charge is -2.31. The standard InChI is InChI=1S/C23H34N4O2/c1-24-23(27-14-17-18(15-27)22-10-9-21(17)29-22)25-13-19(26-11-5-6-12-26)16-7-3-4-8-20(16)28-2/h3-4,7-8,17-19,21-22H,5-6,9-15H2,1-2H3,(H,24,25). The second-order valence-corrected chi connectivity index (χ2v) is 8.95. The van der Waals surface area contributed by atoms with E-state index in [-0.39, 0.29) is 0 Å². The Labute approximate surface area is 174 Å². The van der Waals surface area contributed by atoms with E-state index in [0.29, 0.717) is 30.1 Å². The number of rotatable bonds is 5. The zero-order chi connectivity index (χ0) is 19.8. The summed E-state index contributed by atoms with van der Waals surface area (Å²) in [6.07, 6.45) is 6.02. The quantitative estimate of drug-likeness (QED) is 0.610. The second kappa shape index (κ2) is 8.15. The summed E-state index contributed by atoms with van der Waals surface area (Å²) in [6.45, 7) is 5.31. The zero-order valence-corrected chi connectivity index (χ0v) is 17.7. The Morgan fingerprint density at radius 1 is 1.17 bits per heavy atom. The van der Waals surface area contributed by atoms with Crippen LogP contribution in [-0.4, -0.2) is 74.8 Å². The van der Waals surface area contributed by atoms with Crippen LogP contribution in [0.5, 0.6) is 5.75 Å². The van der Waals surface area contributed by atoms with Crippen LogP contribution >= 0.6 is 0 Å². The van der Waals surface area contributed by atoms with Crippen molar-refractivity contribution in [3.8, 4) is 5.75 Å². The summed E-state index contributed by atoms with van der Waals surface area (Å²) in [5.41, 5.74) is 1.27. The Morgan fingerprint density at radius 3 is 2.52 bits per heavy atom. The number of benzene rings is 1. The summed E-state index contributed by atoms with van der Waals surface area (Å²) in [6, 6.07) is 8.75. The van der Waals surface area contributed by atoms with Gasteiger partial charge in [0.2, 0.25) is 0 Å². The highest BCUT2D eigenvalue weighted by atomic mass is 16.5. The molecule has 1 aromatic carbocycles. The van der Waals surface area contributed by atoms with Gasteiger partial charge in [-0.05, 0) is 44.8 Å². The number of hydrogen-bond donors (Lipinski definition) is 1. The summed E-state index contributed by atoms with van der Waals surface area (Å²) in [4.78, 5) is 9.70. The molecule has 5 unspecified atom stereocenters. The van der Waals surface area contributed by atoms with Gasteiger partial charge in [-0.2, -0.15) is 0 Å². The average molecular weight is 399 g/mol. The maximum Gasteiger partial charge on any atom is 0.193 e. The normalized spacial score (nSPS) is 32.6. The van der Waals surface area contributed by atoms with Crippen molar-refractivity contribution in [3.05, 3.63) is 29.8 Å². The fourth-order valence-electron chi connectivity index (χ4n) is 6.08. The number of para-hydroxylation sites is 1. The lowest BCUT2D eigenvalue weighted by atomic mass is 9.82. The molecule has 4 heterocycles. The molecular weight excluding hydrogens is 364 g/mol. The molecule has 2 bridgehead atoms. The van der Waals surface area contributed by atoms with Crippen LogP contribution in [0.3, 0.4) is 0 Å². The first-order valence-corrected chi connectivity index (χ1v) is 11.3. The molecule has 6 heteroatoms. The third kappa shape index (κ3) is 3.50. The molecule has 6 nitrogen and oxygen atoms in total. The molecule has 158 valence electrons. The molecule has 4 saturated heterocycles. The molecule has 0 saturated carbocycles. The number of ether oxygens (including phenoxy) is 2. The van der Waals surface area contributed by atoms with Crippen LogP contribution in [0.1, 0.15) is 37.3 Å². The van der Waals surface area contributed by atoms with Gasteiger partial charge in [-0.3, -0.25) is 9.89 Å². The van der Waals surface area contributed by atoms with Gasteiger partial charge in [-0.15, -0.1) is 0 Å². The smallest absolute Gasteiger partial charge is 0.193 e. The van der Waals surface area contributed by atoms with Crippen molar-refractivity contribution in [1.82, 2.24) is 15.1 Å². The minimum absolute atomic E-state index is 0.298. The van der Waals surface area contributed by atoms with Crippen LogP contribution < -0.4 is 10.1 Å². The topological polar surface area (TPSA) is 49.3 Å². The van der Waals surface area contributed by atoms with Gasteiger partial charge in [0.25, 0.3) is 0 Å². The van der Waals surface area contributed by atoms with E-state index in [1.165, 1.54) is 31.2 Å². The highest BCUT2D eigenvalue weighted by Gasteiger charge is 2.53. The predicted octanol–water partition coefficient (Wildman–Crippen LogP) is 2.52. The Hall–Kier alpha value is -1.79. The Morgan fingerprint density at radius 2 is 1.86 bits per heavy atom. The number of likely N-dealkylation sites (tertiary alicyclic amines) is 2. The fourth-order valence-corrected chi connectivity index (χ4v) is 6.08. The monoisotopic (exact) mass is 398 g/mol. The fraction of sp³-hybridized carbons (Fsp3) is 0.696. The van der Waals surface area contributed by atoms with Crippen molar-refractivity contribution in [2.45, 2.75) is 43.9 Å². The van der Waals surface area contributed by atoms with E-state index in [0.717, 1.165) is 44.4 Å². The van der Waals surface area contributed by atoms with E-state index in [9.17, 15) is 0 Å². The van der Waals surface area contributed by atoms with E-state index in [1.54, 1.807) is 7.11 Å². The summed E-state index contributed by atoms with van der Waals surface area (Å²) in [5, 5.41) is 3.72. The van der Waals surface area contributed by atoms with Gasteiger partial charge < -0.3 is 19.7 Å². The second-order valence-electron chi connectivity index (χ2n) is 8.95. The first-order chi connectivity index (χ1) is 14.3. The van der Waals surface area contributed by atoms with E-state index in [4.69, 9.17) is 9.47 Å². The Bertz CT molecular complexity index is 730. The largest absolute Gasteiger partial charge is 0.496 e. The van der Waals surface area contributed by atoms with Gasteiger partial charge in [-0.1, -0.05) is 18.2 Å². The van der Waals surface area contributed by atoms with Crippen molar-refractivity contribution in [2.75, 3.05) is 46.9 Å².